The standard InChI is InChI=1S/C14H13BrF2N2/c15-12-8-10(4-5-13(12)17)14(19-18)7-9-2-1-3-11(16)6-9/h1-6,8,14,19H,7,18H2. The third-order valence-corrected chi connectivity index (χ3v) is 3.48. The van der Waals surface area contributed by atoms with Crippen molar-refractivity contribution in [3.63, 3.8) is 0 Å². The van der Waals surface area contributed by atoms with Crippen LogP contribution < -0.4 is 11.3 Å². The summed E-state index contributed by atoms with van der Waals surface area (Å²) in [7, 11) is 0. The molecule has 19 heavy (non-hydrogen) atoms. The zero-order valence-electron chi connectivity index (χ0n) is 10.0. The molecule has 2 rings (SSSR count). The maximum Gasteiger partial charge on any atom is 0.137 e. The van der Waals surface area contributed by atoms with E-state index in [0.717, 1.165) is 11.1 Å². The first-order valence-electron chi connectivity index (χ1n) is 5.75. The molecule has 0 saturated heterocycles. The van der Waals surface area contributed by atoms with Gasteiger partial charge in [-0.25, -0.2) is 8.78 Å². The summed E-state index contributed by atoms with van der Waals surface area (Å²) in [6, 6.07) is 10.8. The van der Waals surface area contributed by atoms with Gasteiger partial charge in [0, 0.05) is 0 Å². The molecule has 2 nitrogen and oxygen atoms in total. The Morgan fingerprint density at radius 1 is 1.16 bits per heavy atom. The van der Waals surface area contributed by atoms with Crippen LogP contribution in [-0.4, -0.2) is 0 Å². The summed E-state index contributed by atoms with van der Waals surface area (Å²) in [6.07, 6.45) is 0.520. The maximum absolute atomic E-state index is 13.2. The van der Waals surface area contributed by atoms with Gasteiger partial charge in [-0.1, -0.05) is 18.2 Å². The summed E-state index contributed by atoms with van der Waals surface area (Å²) in [4.78, 5) is 0. The molecule has 0 fully saturated rings. The lowest BCUT2D eigenvalue weighted by molar-refractivity contribution is 0.545. The Kier molecular flexibility index (Phi) is 4.63. The lowest BCUT2D eigenvalue weighted by atomic mass is 9.99. The quantitative estimate of drug-likeness (QED) is 0.667. The normalized spacial score (nSPS) is 12.4. The number of hydrogen-bond donors (Lipinski definition) is 2. The average molecular weight is 327 g/mol. The summed E-state index contributed by atoms with van der Waals surface area (Å²) in [5.41, 5.74) is 4.32. The Bertz CT molecular complexity index is 575. The van der Waals surface area contributed by atoms with Gasteiger partial charge in [0.25, 0.3) is 0 Å². The molecule has 100 valence electrons. The van der Waals surface area contributed by atoms with Crippen LogP contribution in [0.3, 0.4) is 0 Å². The first-order chi connectivity index (χ1) is 9.10. The minimum atomic E-state index is -0.328. The van der Waals surface area contributed by atoms with Crippen LogP contribution >= 0.6 is 15.9 Å². The van der Waals surface area contributed by atoms with Crippen LogP contribution in [0.5, 0.6) is 0 Å². The van der Waals surface area contributed by atoms with Crippen LogP contribution in [0.15, 0.2) is 46.9 Å². The SMILES string of the molecule is NNC(Cc1cccc(F)c1)c1ccc(F)c(Br)c1. The molecular formula is C14H13BrF2N2. The first-order valence-corrected chi connectivity index (χ1v) is 6.55. The number of nitrogens with two attached hydrogens (primary N) is 1. The molecule has 0 radical (unpaired) electrons. The van der Waals surface area contributed by atoms with E-state index in [2.05, 4.69) is 21.4 Å². The number of rotatable bonds is 4. The molecule has 3 N–H and O–H groups in total. The molecule has 0 heterocycles. The summed E-state index contributed by atoms with van der Waals surface area (Å²) < 4.78 is 26.7. The molecular weight excluding hydrogens is 314 g/mol. The maximum atomic E-state index is 13.2. The van der Waals surface area contributed by atoms with Gasteiger partial charge in [0.2, 0.25) is 0 Å². The van der Waals surface area contributed by atoms with Crippen molar-refractivity contribution in [2.45, 2.75) is 12.5 Å². The number of hydrogen-bond acceptors (Lipinski definition) is 2. The molecule has 0 aliphatic heterocycles. The Labute approximate surface area is 118 Å². The number of halogens is 3. The van der Waals surface area contributed by atoms with Gasteiger partial charge in [0.05, 0.1) is 10.5 Å². The molecule has 0 aliphatic carbocycles. The van der Waals surface area contributed by atoms with Crippen molar-refractivity contribution in [2.75, 3.05) is 0 Å². The lowest BCUT2D eigenvalue weighted by Gasteiger charge is -2.17. The van der Waals surface area contributed by atoms with Crippen molar-refractivity contribution in [2.24, 2.45) is 5.84 Å². The average Bonchev–Trinajstić information content (AvgIpc) is 2.39. The molecule has 0 aromatic heterocycles. The minimum Gasteiger partial charge on any atom is -0.271 e. The summed E-state index contributed by atoms with van der Waals surface area (Å²) in [5.74, 6) is 4.91. The van der Waals surface area contributed by atoms with E-state index < -0.39 is 0 Å². The predicted octanol–water partition coefficient (Wildman–Crippen LogP) is 3.47. The highest BCUT2D eigenvalue weighted by molar-refractivity contribution is 9.10. The largest absolute Gasteiger partial charge is 0.271 e. The van der Waals surface area contributed by atoms with Crippen molar-refractivity contribution in [1.82, 2.24) is 5.43 Å². The lowest BCUT2D eigenvalue weighted by Crippen LogP contribution is -2.29. The molecule has 0 aliphatic rings. The van der Waals surface area contributed by atoms with E-state index in [1.165, 1.54) is 18.2 Å². The third kappa shape index (κ3) is 3.59. The van der Waals surface area contributed by atoms with Gasteiger partial charge in [-0.2, -0.15) is 0 Å². The summed E-state index contributed by atoms with van der Waals surface area (Å²) >= 11 is 3.14. The Balaban J connectivity index is 2.22. The molecule has 2 aromatic rings. The van der Waals surface area contributed by atoms with E-state index in [4.69, 9.17) is 5.84 Å². The van der Waals surface area contributed by atoms with E-state index in [0.29, 0.717) is 10.9 Å². The Morgan fingerprint density at radius 2 is 1.95 bits per heavy atom. The van der Waals surface area contributed by atoms with Crippen molar-refractivity contribution < 1.29 is 8.78 Å². The molecule has 0 bridgehead atoms. The van der Waals surface area contributed by atoms with E-state index in [-0.39, 0.29) is 17.7 Å². The number of hydrazine groups is 1. The number of benzene rings is 2. The Morgan fingerprint density at radius 3 is 2.58 bits per heavy atom. The van der Waals surface area contributed by atoms with Crippen molar-refractivity contribution in [3.05, 3.63) is 69.7 Å². The van der Waals surface area contributed by atoms with Gasteiger partial charge in [-0.05, 0) is 57.7 Å². The highest BCUT2D eigenvalue weighted by Gasteiger charge is 2.12. The smallest absolute Gasteiger partial charge is 0.137 e. The summed E-state index contributed by atoms with van der Waals surface area (Å²) in [5, 5.41) is 0. The van der Waals surface area contributed by atoms with Gasteiger partial charge >= 0.3 is 0 Å². The van der Waals surface area contributed by atoms with Gasteiger partial charge in [0.15, 0.2) is 0 Å². The zero-order chi connectivity index (χ0) is 13.8. The molecule has 1 unspecified atom stereocenters. The zero-order valence-corrected chi connectivity index (χ0v) is 11.6. The van der Waals surface area contributed by atoms with E-state index in [1.807, 2.05) is 6.07 Å². The van der Waals surface area contributed by atoms with Gasteiger partial charge in [-0.3, -0.25) is 11.3 Å². The molecule has 0 amide bonds. The second-order valence-corrected chi connectivity index (χ2v) is 5.08. The number of nitrogens with one attached hydrogen (secondary N) is 1. The fraction of sp³-hybridized carbons (Fsp3) is 0.143. The predicted molar refractivity (Wildman–Crippen MR) is 74.3 cm³/mol. The second kappa shape index (κ2) is 6.23. The molecule has 5 heteroatoms. The van der Waals surface area contributed by atoms with Gasteiger partial charge in [0.1, 0.15) is 11.6 Å². The highest BCUT2D eigenvalue weighted by atomic mass is 79.9. The third-order valence-electron chi connectivity index (χ3n) is 2.88. The monoisotopic (exact) mass is 326 g/mol. The van der Waals surface area contributed by atoms with Crippen LogP contribution in [0.2, 0.25) is 0 Å². The topological polar surface area (TPSA) is 38.0 Å². The van der Waals surface area contributed by atoms with Gasteiger partial charge in [-0.15, -0.1) is 0 Å². The van der Waals surface area contributed by atoms with Crippen LogP contribution in [0, 0.1) is 11.6 Å². The van der Waals surface area contributed by atoms with Crippen LogP contribution in [0.1, 0.15) is 17.2 Å². The Hall–Kier alpha value is -1.30. The molecule has 0 spiro atoms. The van der Waals surface area contributed by atoms with Crippen LogP contribution in [0.4, 0.5) is 8.78 Å². The minimum absolute atomic E-state index is 0.210. The highest BCUT2D eigenvalue weighted by Crippen LogP contribution is 2.23. The van der Waals surface area contributed by atoms with Crippen LogP contribution in [0.25, 0.3) is 0 Å². The second-order valence-electron chi connectivity index (χ2n) is 4.23. The van der Waals surface area contributed by atoms with E-state index >= 15 is 0 Å². The molecule has 2 aromatic carbocycles. The molecule has 1 atom stereocenters. The van der Waals surface area contributed by atoms with Crippen molar-refractivity contribution in [3.8, 4) is 0 Å². The fourth-order valence-electron chi connectivity index (χ4n) is 1.90. The van der Waals surface area contributed by atoms with Crippen molar-refractivity contribution in [1.29, 1.82) is 0 Å². The van der Waals surface area contributed by atoms with E-state index in [1.54, 1.807) is 18.2 Å². The summed E-state index contributed by atoms with van der Waals surface area (Å²) in [6.45, 7) is 0. The fourth-order valence-corrected chi connectivity index (χ4v) is 2.30. The van der Waals surface area contributed by atoms with E-state index in [9.17, 15) is 8.78 Å². The van der Waals surface area contributed by atoms with Crippen LogP contribution in [-0.2, 0) is 6.42 Å². The first kappa shape index (κ1) is 14.1. The van der Waals surface area contributed by atoms with Crippen molar-refractivity contribution >= 4 is 15.9 Å². The molecule has 0 saturated carbocycles. The van der Waals surface area contributed by atoms with Gasteiger partial charge < -0.3 is 0 Å².